The fraction of sp³-hybridized carbons (Fsp3) is 0.625. The van der Waals surface area contributed by atoms with Crippen LogP contribution in [-0.2, 0) is 13.0 Å². The first-order valence-corrected chi connectivity index (χ1v) is 8.73. The number of alkyl halides is 1. The Labute approximate surface area is 134 Å². The average molecular weight is 359 g/mol. The van der Waals surface area contributed by atoms with Crippen LogP contribution in [0.2, 0.25) is 5.02 Å². The standard InChI is InChI=1S/C16H21BrClNO/c1-11(17)12-2-5-19(6-3-12)10-14-9-15(18)8-13-4-7-20-16(13)14/h8-9,11-12H,2-7,10H2,1H3. The molecule has 0 N–H and O–H groups in total. The SMILES string of the molecule is CC(Br)C1CCN(Cc2cc(Cl)cc3c2OCC3)CC1. The van der Waals surface area contributed by atoms with Crippen LogP contribution in [0.15, 0.2) is 12.1 Å². The molecular formula is C16H21BrClNO. The number of hydrogen-bond acceptors (Lipinski definition) is 2. The van der Waals surface area contributed by atoms with Crippen molar-refractivity contribution in [3.63, 3.8) is 0 Å². The monoisotopic (exact) mass is 357 g/mol. The van der Waals surface area contributed by atoms with E-state index >= 15 is 0 Å². The summed E-state index contributed by atoms with van der Waals surface area (Å²) in [7, 11) is 0. The maximum atomic E-state index is 6.23. The number of halogens is 2. The van der Waals surface area contributed by atoms with Crippen molar-refractivity contribution >= 4 is 27.5 Å². The third-order valence-corrected chi connectivity index (χ3v) is 5.47. The molecular weight excluding hydrogens is 338 g/mol. The van der Waals surface area contributed by atoms with Gasteiger partial charge in [-0.1, -0.05) is 34.5 Å². The van der Waals surface area contributed by atoms with Crippen molar-refractivity contribution in [1.29, 1.82) is 0 Å². The molecule has 0 aromatic heterocycles. The van der Waals surface area contributed by atoms with E-state index in [0.717, 1.165) is 36.3 Å². The zero-order chi connectivity index (χ0) is 14.1. The molecule has 0 saturated carbocycles. The molecule has 110 valence electrons. The largest absolute Gasteiger partial charge is 0.493 e. The normalized spacial score (nSPS) is 21.6. The molecule has 4 heteroatoms. The van der Waals surface area contributed by atoms with E-state index < -0.39 is 0 Å². The number of rotatable bonds is 3. The number of likely N-dealkylation sites (tertiary alicyclic amines) is 1. The Hall–Kier alpha value is -0.250. The summed E-state index contributed by atoms with van der Waals surface area (Å²) in [5.74, 6) is 1.90. The van der Waals surface area contributed by atoms with Crippen LogP contribution in [0.25, 0.3) is 0 Å². The summed E-state index contributed by atoms with van der Waals surface area (Å²) < 4.78 is 5.79. The van der Waals surface area contributed by atoms with Crippen LogP contribution in [0.3, 0.4) is 0 Å². The fourth-order valence-corrected chi connectivity index (χ4v) is 4.07. The topological polar surface area (TPSA) is 12.5 Å². The van der Waals surface area contributed by atoms with Gasteiger partial charge in [0.15, 0.2) is 0 Å². The molecule has 1 saturated heterocycles. The molecule has 1 aromatic carbocycles. The lowest BCUT2D eigenvalue weighted by atomic mass is 9.94. The van der Waals surface area contributed by atoms with E-state index in [9.17, 15) is 0 Å². The Morgan fingerprint density at radius 2 is 2.15 bits per heavy atom. The Kier molecular flexibility index (Phi) is 4.58. The average Bonchev–Trinajstić information content (AvgIpc) is 2.87. The van der Waals surface area contributed by atoms with Crippen LogP contribution in [0, 0.1) is 5.92 Å². The van der Waals surface area contributed by atoms with Crippen LogP contribution in [-0.4, -0.2) is 29.4 Å². The van der Waals surface area contributed by atoms with Gasteiger partial charge in [-0.05, 0) is 49.5 Å². The predicted octanol–water partition coefficient (Wildman–Crippen LogP) is 4.27. The molecule has 2 nitrogen and oxygen atoms in total. The summed E-state index contributed by atoms with van der Waals surface area (Å²) in [6.07, 6.45) is 3.54. The summed E-state index contributed by atoms with van der Waals surface area (Å²) in [4.78, 5) is 3.16. The number of ether oxygens (including phenoxy) is 1. The molecule has 20 heavy (non-hydrogen) atoms. The van der Waals surface area contributed by atoms with Gasteiger partial charge in [-0.15, -0.1) is 0 Å². The molecule has 1 unspecified atom stereocenters. The third-order valence-electron chi connectivity index (χ3n) is 4.50. The van der Waals surface area contributed by atoms with Crippen molar-refractivity contribution in [2.24, 2.45) is 5.92 Å². The molecule has 1 atom stereocenters. The van der Waals surface area contributed by atoms with Crippen molar-refractivity contribution in [2.45, 2.75) is 37.6 Å². The smallest absolute Gasteiger partial charge is 0.127 e. The predicted molar refractivity (Wildman–Crippen MR) is 87.0 cm³/mol. The quantitative estimate of drug-likeness (QED) is 0.748. The number of piperidine rings is 1. The fourth-order valence-electron chi connectivity index (χ4n) is 3.27. The molecule has 0 radical (unpaired) electrons. The highest BCUT2D eigenvalue weighted by Crippen LogP contribution is 2.34. The van der Waals surface area contributed by atoms with Crippen LogP contribution in [0.1, 0.15) is 30.9 Å². The maximum Gasteiger partial charge on any atom is 0.127 e. The molecule has 3 rings (SSSR count). The minimum atomic E-state index is 0.628. The summed E-state index contributed by atoms with van der Waals surface area (Å²) >= 11 is 9.95. The minimum Gasteiger partial charge on any atom is -0.493 e. The second-order valence-corrected chi connectivity index (χ2v) is 7.82. The van der Waals surface area contributed by atoms with Crippen molar-refractivity contribution < 1.29 is 4.74 Å². The van der Waals surface area contributed by atoms with E-state index in [1.54, 1.807) is 0 Å². The van der Waals surface area contributed by atoms with Crippen molar-refractivity contribution in [3.8, 4) is 5.75 Å². The van der Waals surface area contributed by atoms with Gasteiger partial charge in [-0.3, -0.25) is 4.90 Å². The highest BCUT2D eigenvalue weighted by molar-refractivity contribution is 9.09. The third kappa shape index (κ3) is 3.15. The van der Waals surface area contributed by atoms with E-state index in [0.29, 0.717) is 4.83 Å². The summed E-state index contributed by atoms with van der Waals surface area (Å²) in [5, 5.41) is 0.841. The van der Waals surface area contributed by atoms with E-state index in [2.05, 4.69) is 33.8 Å². The van der Waals surface area contributed by atoms with Crippen LogP contribution in [0.4, 0.5) is 0 Å². The molecule has 0 amide bonds. The van der Waals surface area contributed by atoms with Crippen LogP contribution >= 0.6 is 27.5 Å². The Morgan fingerprint density at radius 1 is 1.40 bits per heavy atom. The van der Waals surface area contributed by atoms with Crippen molar-refractivity contribution in [3.05, 3.63) is 28.3 Å². The summed E-state index contributed by atoms with van der Waals surface area (Å²) in [6, 6.07) is 4.12. The molecule has 0 spiro atoms. The Bertz CT molecular complexity index is 484. The lowest BCUT2D eigenvalue weighted by Crippen LogP contribution is -2.35. The van der Waals surface area contributed by atoms with Gasteiger partial charge in [0, 0.05) is 28.4 Å². The van der Waals surface area contributed by atoms with Gasteiger partial charge in [0.05, 0.1) is 6.61 Å². The molecule has 2 aliphatic rings. The molecule has 2 aliphatic heterocycles. The van der Waals surface area contributed by atoms with E-state index in [1.807, 2.05) is 6.07 Å². The Balaban J connectivity index is 1.67. The van der Waals surface area contributed by atoms with Gasteiger partial charge in [0.25, 0.3) is 0 Å². The van der Waals surface area contributed by atoms with Crippen LogP contribution in [0.5, 0.6) is 5.75 Å². The maximum absolute atomic E-state index is 6.23. The summed E-state index contributed by atoms with van der Waals surface area (Å²) in [5.41, 5.74) is 2.53. The number of fused-ring (bicyclic) bond motifs is 1. The second kappa shape index (κ2) is 6.25. The number of benzene rings is 1. The molecule has 1 fully saturated rings. The summed E-state index contributed by atoms with van der Waals surface area (Å²) in [6.45, 7) is 6.36. The van der Waals surface area contributed by atoms with Gasteiger partial charge >= 0.3 is 0 Å². The molecule has 0 aliphatic carbocycles. The first kappa shape index (κ1) is 14.7. The molecule has 1 aromatic rings. The zero-order valence-electron chi connectivity index (χ0n) is 11.9. The van der Waals surface area contributed by atoms with Gasteiger partial charge in [-0.2, -0.15) is 0 Å². The van der Waals surface area contributed by atoms with Gasteiger partial charge in [-0.25, -0.2) is 0 Å². The zero-order valence-corrected chi connectivity index (χ0v) is 14.2. The van der Waals surface area contributed by atoms with Crippen LogP contribution < -0.4 is 4.74 Å². The second-order valence-electron chi connectivity index (χ2n) is 5.94. The van der Waals surface area contributed by atoms with Gasteiger partial charge < -0.3 is 4.74 Å². The van der Waals surface area contributed by atoms with Gasteiger partial charge in [0.2, 0.25) is 0 Å². The lowest BCUT2D eigenvalue weighted by molar-refractivity contribution is 0.176. The van der Waals surface area contributed by atoms with E-state index in [4.69, 9.17) is 16.3 Å². The molecule has 2 heterocycles. The Morgan fingerprint density at radius 3 is 2.85 bits per heavy atom. The first-order chi connectivity index (χ1) is 9.63. The first-order valence-electron chi connectivity index (χ1n) is 7.44. The molecule has 0 bridgehead atoms. The number of nitrogens with zero attached hydrogens (tertiary/aromatic N) is 1. The minimum absolute atomic E-state index is 0.628. The van der Waals surface area contributed by atoms with Gasteiger partial charge in [0.1, 0.15) is 5.75 Å². The van der Waals surface area contributed by atoms with Crippen molar-refractivity contribution in [1.82, 2.24) is 4.90 Å². The highest BCUT2D eigenvalue weighted by atomic mass is 79.9. The van der Waals surface area contributed by atoms with E-state index in [1.165, 1.54) is 37.1 Å². The van der Waals surface area contributed by atoms with Crippen molar-refractivity contribution in [2.75, 3.05) is 19.7 Å². The lowest BCUT2D eigenvalue weighted by Gasteiger charge is -2.33. The highest BCUT2D eigenvalue weighted by Gasteiger charge is 2.24. The number of hydrogen-bond donors (Lipinski definition) is 0. The van der Waals surface area contributed by atoms with E-state index in [-0.39, 0.29) is 0 Å².